The lowest BCUT2D eigenvalue weighted by Gasteiger charge is -2.14. The van der Waals surface area contributed by atoms with E-state index in [4.69, 9.17) is 11.6 Å². The first-order valence-corrected chi connectivity index (χ1v) is 8.76. The van der Waals surface area contributed by atoms with Gasteiger partial charge in [0.25, 0.3) is 5.91 Å². The molecule has 1 amide bonds. The smallest absolute Gasteiger partial charge is 0.257 e. The van der Waals surface area contributed by atoms with Gasteiger partial charge in [0.05, 0.1) is 10.6 Å². The number of carbonyl (C=O) groups excluding carboxylic acids is 1. The van der Waals surface area contributed by atoms with Gasteiger partial charge in [-0.05, 0) is 43.3 Å². The van der Waals surface area contributed by atoms with Crippen LogP contribution in [0.4, 0.5) is 23.0 Å². The Morgan fingerprint density at radius 3 is 2.33 bits per heavy atom. The lowest BCUT2D eigenvalue weighted by atomic mass is 10.2. The van der Waals surface area contributed by atoms with E-state index in [9.17, 15) is 4.79 Å². The van der Waals surface area contributed by atoms with Gasteiger partial charge >= 0.3 is 0 Å². The second-order valence-electron chi connectivity index (χ2n) is 6.19. The van der Waals surface area contributed by atoms with Gasteiger partial charge in [-0.2, -0.15) is 0 Å². The third-order valence-corrected chi connectivity index (χ3v) is 4.15. The van der Waals surface area contributed by atoms with Crippen LogP contribution in [0.3, 0.4) is 0 Å². The number of aryl methyl sites for hydroxylation is 1. The van der Waals surface area contributed by atoms with E-state index in [0.717, 1.165) is 11.5 Å². The SMILES string of the molecule is Cc1nc(Nc2ccc(NC(=O)c3ccccc3Cl)cc2)cc(N(C)C)n1. The predicted octanol–water partition coefficient (Wildman–Crippen LogP) is 4.50. The molecular formula is C20H20ClN5O. The van der Waals surface area contributed by atoms with E-state index in [1.165, 1.54) is 0 Å². The van der Waals surface area contributed by atoms with Crippen LogP contribution in [-0.4, -0.2) is 30.0 Å². The van der Waals surface area contributed by atoms with Crippen LogP contribution in [0.15, 0.2) is 54.6 Å². The van der Waals surface area contributed by atoms with Crippen molar-refractivity contribution in [2.24, 2.45) is 0 Å². The molecule has 3 aromatic rings. The van der Waals surface area contributed by atoms with Crippen molar-refractivity contribution in [2.75, 3.05) is 29.6 Å². The first kappa shape index (κ1) is 18.7. The lowest BCUT2D eigenvalue weighted by molar-refractivity contribution is 0.102. The molecule has 1 heterocycles. The molecule has 0 fully saturated rings. The molecule has 2 aromatic carbocycles. The van der Waals surface area contributed by atoms with Gasteiger partial charge in [0, 0.05) is 31.5 Å². The molecule has 3 rings (SSSR count). The third-order valence-electron chi connectivity index (χ3n) is 3.82. The summed E-state index contributed by atoms with van der Waals surface area (Å²) in [4.78, 5) is 23.0. The molecule has 0 saturated heterocycles. The summed E-state index contributed by atoms with van der Waals surface area (Å²) in [5.41, 5.74) is 1.97. The Bertz CT molecular complexity index is 957. The number of amides is 1. The fourth-order valence-electron chi connectivity index (χ4n) is 2.47. The average molecular weight is 382 g/mol. The van der Waals surface area contributed by atoms with E-state index in [1.54, 1.807) is 24.3 Å². The van der Waals surface area contributed by atoms with Gasteiger partial charge in [-0.15, -0.1) is 0 Å². The fraction of sp³-hybridized carbons (Fsp3) is 0.150. The van der Waals surface area contributed by atoms with Crippen LogP contribution < -0.4 is 15.5 Å². The number of anilines is 4. The summed E-state index contributed by atoms with van der Waals surface area (Å²) in [5, 5.41) is 6.51. The van der Waals surface area contributed by atoms with Crippen molar-refractivity contribution in [2.45, 2.75) is 6.92 Å². The second kappa shape index (κ2) is 8.05. The number of hydrogen-bond donors (Lipinski definition) is 2. The highest BCUT2D eigenvalue weighted by molar-refractivity contribution is 6.34. The maximum absolute atomic E-state index is 12.3. The second-order valence-corrected chi connectivity index (χ2v) is 6.60. The van der Waals surface area contributed by atoms with Crippen LogP contribution in [0.5, 0.6) is 0 Å². The molecule has 0 radical (unpaired) electrons. The molecule has 0 aliphatic rings. The Hall–Kier alpha value is -3.12. The number of aromatic nitrogens is 2. The van der Waals surface area contributed by atoms with Crippen molar-refractivity contribution >= 4 is 40.5 Å². The van der Waals surface area contributed by atoms with Gasteiger partial charge in [0.2, 0.25) is 0 Å². The Morgan fingerprint density at radius 2 is 1.67 bits per heavy atom. The molecule has 0 spiro atoms. The molecule has 2 N–H and O–H groups in total. The highest BCUT2D eigenvalue weighted by atomic mass is 35.5. The van der Waals surface area contributed by atoms with E-state index >= 15 is 0 Å². The Labute approximate surface area is 163 Å². The molecule has 27 heavy (non-hydrogen) atoms. The summed E-state index contributed by atoms with van der Waals surface area (Å²) in [6.07, 6.45) is 0. The average Bonchev–Trinajstić information content (AvgIpc) is 2.63. The van der Waals surface area contributed by atoms with Crippen LogP contribution in [0, 0.1) is 6.92 Å². The van der Waals surface area contributed by atoms with Crippen LogP contribution in [0.1, 0.15) is 16.2 Å². The number of halogens is 1. The van der Waals surface area contributed by atoms with Crippen molar-refractivity contribution in [1.29, 1.82) is 0 Å². The Morgan fingerprint density at radius 1 is 1.00 bits per heavy atom. The Balaban J connectivity index is 1.71. The summed E-state index contributed by atoms with van der Waals surface area (Å²) in [7, 11) is 3.87. The van der Waals surface area contributed by atoms with Crippen molar-refractivity contribution in [1.82, 2.24) is 9.97 Å². The van der Waals surface area contributed by atoms with Gasteiger partial charge in [-0.3, -0.25) is 4.79 Å². The van der Waals surface area contributed by atoms with Crippen LogP contribution in [0.25, 0.3) is 0 Å². The molecular weight excluding hydrogens is 362 g/mol. The van der Waals surface area contributed by atoms with Crippen molar-refractivity contribution < 1.29 is 4.79 Å². The molecule has 0 aliphatic heterocycles. The topological polar surface area (TPSA) is 70.2 Å². The van der Waals surface area contributed by atoms with E-state index in [1.807, 2.05) is 56.3 Å². The maximum Gasteiger partial charge on any atom is 0.257 e. The zero-order valence-electron chi connectivity index (χ0n) is 15.3. The van der Waals surface area contributed by atoms with E-state index in [0.29, 0.717) is 27.9 Å². The molecule has 0 unspecified atom stereocenters. The van der Waals surface area contributed by atoms with Crippen LogP contribution in [-0.2, 0) is 0 Å². The minimum atomic E-state index is -0.247. The number of hydrogen-bond acceptors (Lipinski definition) is 5. The van der Waals surface area contributed by atoms with E-state index in [2.05, 4.69) is 20.6 Å². The quantitative estimate of drug-likeness (QED) is 0.680. The first-order chi connectivity index (χ1) is 12.9. The number of carbonyl (C=O) groups is 1. The zero-order chi connectivity index (χ0) is 19.4. The highest BCUT2D eigenvalue weighted by Crippen LogP contribution is 2.22. The fourth-order valence-corrected chi connectivity index (χ4v) is 2.70. The monoisotopic (exact) mass is 381 g/mol. The summed E-state index contributed by atoms with van der Waals surface area (Å²) < 4.78 is 0. The van der Waals surface area contributed by atoms with E-state index < -0.39 is 0 Å². The first-order valence-electron chi connectivity index (χ1n) is 8.38. The third kappa shape index (κ3) is 4.74. The van der Waals surface area contributed by atoms with Gasteiger partial charge in [-0.1, -0.05) is 23.7 Å². The van der Waals surface area contributed by atoms with E-state index in [-0.39, 0.29) is 5.91 Å². The number of rotatable bonds is 5. The summed E-state index contributed by atoms with van der Waals surface area (Å²) >= 11 is 6.06. The number of nitrogens with zero attached hydrogens (tertiary/aromatic N) is 3. The number of benzene rings is 2. The molecule has 6 nitrogen and oxygen atoms in total. The number of nitrogens with one attached hydrogen (secondary N) is 2. The largest absolute Gasteiger partial charge is 0.363 e. The van der Waals surface area contributed by atoms with Crippen molar-refractivity contribution in [3.63, 3.8) is 0 Å². The normalized spacial score (nSPS) is 10.4. The molecule has 138 valence electrons. The highest BCUT2D eigenvalue weighted by Gasteiger charge is 2.10. The predicted molar refractivity (Wildman–Crippen MR) is 110 cm³/mol. The zero-order valence-corrected chi connectivity index (χ0v) is 16.1. The minimum absolute atomic E-state index is 0.247. The lowest BCUT2D eigenvalue weighted by Crippen LogP contribution is -2.13. The van der Waals surface area contributed by atoms with Gasteiger partial charge in [0.15, 0.2) is 0 Å². The van der Waals surface area contributed by atoms with Gasteiger partial charge < -0.3 is 15.5 Å². The molecule has 0 aliphatic carbocycles. The van der Waals surface area contributed by atoms with Crippen molar-refractivity contribution in [3.8, 4) is 0 Å². The molecule has 1 aromatic heterocycles. The van der Waals surface area contributed by atoms with Gasteiger partial charge in [-0.25, -0.2) is 9.97 Å². The summed E-state index contributed by atoms with van der Waals surface area (Å²) in [6.45, 7) is 1.85. The van der Waals surface area contributed by atoms with Crippen molar-refractivity contribution in [3.05, 3.63) is 71.0 Å². The minimum Gasteiger partial charge on any atom is -0.363 e. The standard InChI is InChI=1S/C20H20ClN5O/c1-13-22-18(12-19(23-13)26(2)3)24-14-8-10-15(11-9-14)25-20(27)16-6-4-5-7-17(16)21/h4-12H,1-3H3,(H,25,27)(H,22,23,24). The molecule has 0 atom stereocenters. The maximum atomic E-state index is 12.3. The Kier molecular flexibility index (Phi) is 5.57. The van der Waals surface area contributed by atoms with Crippen LogP contribution in [0.2, 0.25) is 5.02 Å². The summed E-state index contributed by atoms with van der Waals surface area (Å²) in [6, 6.07) is 16.2. The molecule has 0 saturated carbocycles. The molecule has 7 heteroatoms. The summed E-state index contributed by atoms with van der Waals surface area (Å²) in [5.74, 6) is 1.98. The van der Waals surface area contributed by atoms with Gasteiger partial charge in [0.1, 0.15) is 17.5 Å². The van der Waals surface area contributed by atoms with Crippen LogP contribution >= 0.6 is 11.6 Å². The molecule has 0 bridgehead atoms.